The highest BCUT2D eigenvalue weighted by molar-refractivity contribution is 5.77. The summed E-state index contributed by atoms with van der Waals surface area (Å²) in [6, 6.07) is 36.0. The van der Waals surface area contributed by atoms with Crippen LogP contribution < -0.4 is 4.90 Å². The Labute approximate surface area is 227 Å². The van der Waals surface area contributed by atoms with Crippen LogP contribution in [0.25, 0.3) is 0 Å². The minimum atomic E-state index is -0.772. The topological polar surface area (TPSA) is 54.8 Å². The van der Waals surface area contributed by atoms with Gasteiger partial charge in [0.2, 0.25) is 0 Å². The summed E-state index contributed by atoms with van der Waals surface area (Å²) >= 11 is 0. The molecule has 0 aliphatic carbocycles. The highest BCUT2D eigenvalue weighted by atomic mass is 15.3. The van der Waals surface area contributed by atoms with Crippen molar-refractivity contribution >= 4 is 5.69 Å². The molecule has 39 heavy (non-hydrogen) atoms. The van der Waals surface area contributed by atoms with Crippen molar-refractivity contribution in [2.24, 2.45) is 0 Å². The Kier molecular flexibility index (Phi) is 5.48. The van der Waals surface area contributed by atoms with E-state index in [-0.39, 0.29) is 0 Å². The molecular formula is C34H25N5. The third-order valence-corrected chi connectivity index (χ3v) is 7.71. The minimum Gasteiger partial charge on any atom is -0.335 e. The first-order chi connectivity index (χ1) is 19.4. The quantitative estimate of drug-likeness (QED) is 0.274. The molecule has 4 aromatic heterocycles. The molecule has 0 saturated heterocycles. The molecule has 0 amide bonds. The van der Waals surface area contributed by atoms with Crippen molar-refractivity contribution in [1.82, 2.24) is 19.9 Å². The normalized spacial score (nSPS) is 15.0. The molecule has 1 aliphatic heterocycles. The Bertz CT molecular complexity index is 1500. The van der Waals surface area contributed by atoms with Crippen molar-refractivity contribution in [2.75, 3.05) is 4.90 Å². The largest absolute Gasteiger partial charge is 0.335 e. The number of para-hydroxylation sites is 1. The van der Waals surface area contributed by atoms with E-state index in [1.807, 2.05) is 73.8 Å². The lowest BCUT2D eigenvalue weighted by atomic mass is 9.77. The second kappa shape index (κ2) is 9.30. The summed E-state index contributed by atoms with van der Waals surface area (Å²) in [6.45, 7) is 0. The van der Waals surface area contributed by atoms with Gasteiger partial charge in [-0.1, -0.05) is 66.7 Å². The molecule has 5 heteroatoms. The molecule has 0 saturated carbocycles. The molecule has 0 fully saturated rings. The number of rotatable bonds is 5. The van der Waals surface area contributed by atoms with Crippen molar-refractivity contribution < 1.29 is 0 Å². The van der Waals surface area contributed by atoms with Crippen LogP contribution in [0.3, 0.4) is 0 Å². The first-order valence-corrected chi connectivity index (χ1v) is 13.0. The first kappa shape index (κ1) is 23.0. The van der Waals surface area contributed by atoms with Crippen LogP contribution >= 0.6 is 0 Å². The molecule has 0 N–H and O–H groups in total. The van der Waals surface area contributed by atoms with Gasteiger partial charge >= 0.3 is 0 Å². The predicted molar refractivity (Wildman–Crippen MR) is 152 cm³/mol. The molecule has 0 spiro atoms. The van der Waals surface area contributed by atoms with Gasteiger partial charge in [0.1, 0.15) is 11.1 Å². The van der Waals surface area contributed by atoms with Crippen molar-refractivity contribution in [3.63, 3.8) is 0 Å². The number of fused-ring (bicyclic) bond motifs is 1. The van der Waals surface area contributed by atoms with Crippen molar-refractivity contribution in [3.05, 3.63) is 186 Å². The number of nitrogens with zero attached hydrogens (tertiary/aromatic N) is 5. The fraction of sp³-hybridized carbons (Fsp3) is 0.0588. The van der Waals surface area contributed by atoms with Gasteiger partial charge in [0, 0.05) is 77.5 Å². The molecule has 2 aromatic carbocycles. The molecule has 6 aromatic rings. The van der Waals surface area contributed by atoms with Crippen molar-refractivity contribution in [3.8, 4) is 0 Å². The average molecular weight is 504 g/mol. The fourth-order valence-electron chi connectivity index (χ4n) is 6.35. The van der Waals surface area contributed by atoms with Crippen LogP contribution in [-0.4, -0.2) is 19.9 Å². The summed E-state index contributed by atoms with van der Waals surface area (Å²) in [4.78, 5) is 21.0. The van der Waals surface area contributed by atoms with E-state index in [9.17, 15) is 0 Å². The summed E-state index contributed by atoms with van der Waals surface area (Å²) in [6.07, 6.45) is 15.2. The number of hydrogen-bond donors (Lipinski definition) is 0. The minimum absolute atomic E-state index is 0.772. The van der Waals surface area contributed by atoms with Gasteiger partial charge in [0.15, 0.2) is 0 Å². The molecule has 5 nitrogen and oxygen atoms in total. The van der Waals surface area contributed by atoms with E-state index >= 15 is 0 Å². The fourth-order valence-corrected chi connectivity index (χ4v) is 6.35. The lowest BCUT2D eigenvalue weighted by Crippen LogP contribution is -2.54. The molecule has 5 heterocycles. The number of aromatic nitrogens is 4. The van der Waals surface area contributed by atoms with Crippen LogP contribution in [0.4, 0.5) is 5.69 Å². The summed E-state index contributed by atoms with van der Waals surface area (Å²) in [5.74, 6) is 0. The number of pyridine rings is 4. The summed E-state index contributed by atoms with van der Waals surface area (Å²) < 4.78 is 0. The molecule has 7 rings (SSSR count). The van der Waals surface area contributed by atoms with E-state index in [4.69, 9.17) is 0 Å². The maximum atomic E-state index is 4.62. The zero-order valence-corrected chi connectivity index (χ0v) is 21.2. The van der Waals surface area contributed by atoms with Crippen molar-refractivity contribution in [1.29, 1.82) is 0 Å². The third-order valence-electron chi connectivity index (χ3n) is 7.71. The molecule has 1 aliphatic rings. The van der Waals surface area contributed by atoms with Crippen LogP contribution in [0.1, 0.15) is 33.4 Å². The molecule has 0 bridgehead atoms. The number of anilines is 1. The first-order valence-electron chi connectivity index (χ1n) is 13.0. The number of hydrogen-bond acceptors (Lipinski definition) is 5. The Morgan fingerprint density at radius 3 is 1.08 bits per heavy atom. The Morgan fingerprint density at radius 1 is 0.385 bits per heavy atom. The summed E-state index contributed by atoms with van der Waals surface area (Å²) in [5.41, 5.74) is 6.00. The zero-order chi connectivity index (χ0) is 26.1. The van der Waals surface area contributed by atoms with Gasteiger partial charge in [0.05, 0.1) is 0 Å². The average Bonchev–Trinajstić information content (AvgIpc) is 3.32. The van der Waals surface area contributed by atoms with Gasteiger partial charge in [-0.25, -0.2) is 0 Å². The van der Waals surface area contributed by atoms with E-state index in [0.29, 0.717) is 0 Å². The van der Waals surface area contributed by atoms with E-state index in [2.05, 4.69) is 104 Å². The smallest absolute Gasteiger partial charge is 0.121 e. The van der Waals surface area contributed by atoms with Gasteiger partial charge in [-0.3, -0.25) is 19.9 Å². The van der Waals surface area contributed by atoms with Gasteiger partial charge in [0.25, 0.3) is 0 Å². The van der Waals surface area contributed by atoms with E-state index in [1.165, 1.54) is 0 Å². The maximum absolute atomic E-state index is 4.62. The monoisotopic (exact) mass is 503 g/mol. The Balaban J connectivity index is 1.74. The molecule has 0 unspecified atom stereocenters. The van der Waals surface area contributed by atoms with Crippen LogP contribution in [0.2, 0.25) is 0 Å². The van der Waals surface area contributed by atoms with Crippen molar-refractivity contribution in [2.45, 2.75) is 11.1 Å². The highest BCUT2D eigenvalue weighted by Gasteiger charge is 2.62. The second-order valence-corrected chi connectivity index (χ2v) is 9.60. The van der Waals surface area contributed by atoms with E-state index < -0.39 is 11.1 Å². The summed E-state index contributed by atoms with van der Waals surface area (Å²) in [7, 11) is 0. The van der Waals surface area contributed by atoms with Crippen LogP contribution in [0.5, 0.6) is 0 Å². The molecule has 186 valence electrons. The lowest BCUT2D eigenvalue weighted by molar-refractivity contribution is 0.492. The highest BCUT2D eigenvalue weighted by Crippen LogP contribution is 2.61. The van der Waals surface area contributed by atoms with Crippen LogP contribution in [0, 0.1) is 0 Å². The SMILES string of the molecule is c1ccc(N2C(c3cccnc3)(c3cccnc3)c3ccccc3C2(c2cccnc2)c2cccnc2)cc1. The number of benzene rings is 2. The van der Waals surface area contributed by atoms with Crippen LogP contribution in [-0.2, 0) is 11.1 Å². The third kappa shape index (κ3) is 3.26. The Hall–Kier alpha value is -5.16. The Morgan fingerprint density at radius 2 is 0.744 bits per heavy atom. The van der Waals surface area contributed by atoms with Gasteiger partial charge in [-0.2, -0.15) is 0 Å². The van der Waals surface area contributed by atoms with Gasteiger partial charge in [-0.05, 0) is 47.5 Å². The lowest BCUT2D eigenvalue weighted by Gasteiger charge is -2.50. The van der Waals surface area contributed by atoms with E-state index in [1.54, 1.807) is 0 Å². The zero-order valence-electron chi connectivity index (χ0n) is 21.2. The van der Waals surface area contributed by atoms with Crippen LogP contribution in [0.15, 0.2) is 153 Å². The second-order valence-electron chi connectivity index (χ2n) is 9.60. The standard InChI is InChI=1S/C34H25N5/c1-2-14-30(15-3-1)39-33(26-10-6-18-35-22-26,27-11-7-19-36-23-27)31-16-4-5-17-32(31)34(39,28-12-8-20-37-24-28)29-13-9-21-38-25-29/h1-25H. The van der Waals surface area contributed by atoms with Gasteiger partial charge < -0.3 is 4.90 Å². The summed E-state index contributed by atoms with van der Waals surface area (Å²) in [5, 5.41) is 0. The molecular weight excluding hydrogens is 478 g/mol. The molecule has 0 radical (unpaired) electrons. The maximum Gasteiger partial charge on any atom is 0.121 e. The van der Waals surface area contributed by atoms with Gasteiger partial charge in [-0.15, -0.1) is 0 Å². The van der Waals surface area contributed by atoms with E-state index in [0.717, 1.165) is 39.1 Å². The molecule has 0 atom stereocenters. The predicted octanol–water partition coefficient (Wildman–Crippen LogP) is 6.37.